The van der Waals surface area contributed by atoms with Crippen molar-refractivity contribution in [1.29, 1.82) is 0 Å². The number of hydrogen-bond acceptors (Lipinski definition) is 15. The molecule has 1 aromatic rings. The van der Waals surface area contributed by atoms with Crippen LogP contribution in [0.4, 0.5) is 13.2 Å². The number of epoxide rings is 2. The molecule has 21 atom stereocenters. The average Bonchev–Trinajstić information content (AvgIpc) is 4.05. The molecule has 3 heterocycles. The van der Waals surface area contributed by atoms with Gasteiger partial charge in [-0.2, -0.15) is 21.6 Å². The molecule has 1 spiro atoms. The van der Waals surface area contributed by atoms with E-state index < -0.39 is 169 Å². The average molecular weight is 937 g/mol. The van der Waals surface area contributed by atoms with Crippen molar-refractivity contribution >= 4 is 49.7 Å². The Morgan fingerprint density at radius 3 is 2.27 bits per heavy atom. The first-order chi connectivity index (χ1) is 27.7. The van der Waals surface area contributed by atoms with Crippen LogP contribution in [0.5, 0.6) is 0 Å². The Morgan fingerprint density at radius 2 is 1.67 bits per heavy atom. The first-order valence-electron chi connectivity index (χ1n) is 19.7. The lowest BCUT2D eigenvalue weighted by molar-refractivity contribution is -0.276. The summed E-state index contributed by atoms with van der Waals surface area (Å²) in [4.78, 5) is 54.2. The van der Waals surface area contributed by atoms with Gasteiger partial charge in [0.15, 0.2) is 5.60 Å². The van der Waals surface area contributed by atoms with Crippen molar-refractivity contribution < 1.29 is 84.3 Å². The van der Waals surface area contributed by atoms with Crippen molar-refractivity contribution in [3.05, 3.63) is 28.7 Å². The van der Waals surface area contributed by atoms with Crippen LogP contribution >= 0.6 is 15.9 Å². The normalized spacial score (nSPS) is 51.9. The highest BCUT2D eigenvalue weighted by Crippen LogP contribution is 2.81. The third-order valence-corrected chi connectivity index (χ3v) is 18.2. The van der Waals surface area contributed by atoms with E-state index in [1.807, 2.05) is 5.32 Å². The molecule has 1 unspecified atom stereocenters. The van der Waals surface area contributed by atoms with Gasteiger partial charge >= 0.3 is 24.0 Å². The van der Waals surface area contributed by atoms with Crippen LogP contribution in [0.3, 0.4) is 0 Å². The summed E-state index contributed by atoms with van der Waals surface area (Å²) in [5.41, 5.74) is -8.45. The van der Waals surface area contributed by atoms with Gasteiger partial charge in [0.05, 0.1) is 40.1 Å². The number of fused-ring (bicyclic) bond motifs is 9. The highest BCUT2D eigenvalue weighted by molar-refractivity contribution is 9.10. The Hall–Kier alpha value is -2.76. The second kappa shape index (κ2) is 12.7. The number of ketones is 1. The van der Waals surface area contributed by atoms with E-state index in [-0.39, 0.29) is 10.9 Å². The van der Waals surface area contributed by atoms with Gasteiger partial charge in [-0.1, -0.05) is 35.8 Å². The maximum absolute atomic E-state index is 14.9. The first kappa shape index (κ1) is 42.5. The number of halogens is 4. The fourth-order valence-corrected chi connectivity index (χ4v) is 15.7. The molecular formula is C39H45BrF3NO15S. The molecule has 330 valence electrons. The molecule has 0 bridgehead atoms. The number of benzene rings is 1. The van der Waals surface area contributed by atoms with Gasteiger partial charge in [-0.25, -0.2) is 4.79 Å². The number of hydrogen-bond donors (Lipinski definition) is 5. The first-order valence-corrected chi connectivity index (χ1v) is 22.0. The summed E-state index contributed by atoms with van der Waals surface area (Å²) < 4.78 is 102. The summed E-state index contributed by atoms with van der Waals surface area (Å²) in [6.45, 7) is 7.74. The predicted octanol–water partition coefficient (Wildman–Crippen LogP) is 1.13. The number of aliphatic hydroxyl groups is 4. The number of nitrogens with one attached hydrogen (secondary N) is 1. The summed E-state index contributed by atoms with van der Waals surface area (Å²) in [6, 6.07) is 3.21. The van der Waals surface area contributed by atoms with Gasteiger partial charge in [0.2, 0.25) is 5.79 Å². The number of carbonyl (C=O) groups is 4. The van der Waals surface area contributed by atoms with E-state index in [0.717, 1.165) is 32.9 Å². The maximum atomic E-state index is 14.9. The van der Waals surface area contributed by atoms with Crippen LogP contribution in [0.25, 0.3) is 0 Å². The summed E-state index contributed by atoms with van der Waals surface area (Å²) >= 11 is 3.21. The lowest BCUT2D eigenvalue weighted by Crippen LogP contribution is -2.78. The Bertz CT molecular complexity index is 2210. The summed E-state index contributed by atoms with van der Waals surface area (Å²) in [5.74, 6) is -17.2. The minimum absolute atomic E-state index is 0.167. The Balaban J connectivity index is 1.34. The molecule has 60 heavy (non-hydrogen) atoms. The molecule has 3 saturated heterocycles. The van der Waals surface area contributed by atoms with Crippen molar-refractivity contribution in [3.63, 3.8) is 0 Å². The second-order valence-electron chi connectivity index (χ2n) is 18.7. The fraction of sp³-hybridized carbons (Fsp3) is 0.744. The summed E-state index contributed by atoms with van der Waals surface area (Å²) in [7, 11) is -5.06. The van der Waals surface area contributed by atoms with Crippen LogP contribution < -0.4 is 5.32 Å². The van der Waals surface area contributed by atoms with Gasteiger partial charge < -0.3 is 44.7 Å². The quantitative estimate of drug-likeness (QED) is 0.153. The number of ether oxygens (including phenoxy) is 4. The van der Waals surface area contributed by atoms with Gasteiger partial charge in [-0.3, -0.25) is 18.6 Å². The van der Waals surface area contributed by atoms with Crippen molar-refractivity contribution in [3.8, 4) is 0 Å². The third kappa shape index (κ3) is 5.00. The van der Waals surface area contributed by atoms with E-state index in [9.17, 15) is 61.2 Å². The standard InChI is InChI=1S/C39H45BrF3NO15S/c1-12-20-23(35(5)36(6,52)33(51)58-38(35)31(12)57-38)25(47)21-19-22(28(55-14(3)46)30(49)37(20,21)13(2)45)34(4)17(11-18-26(56-18)29(34)48)24(44-32(50)39(41,42)43)27(19)59-60(53,54)16-9-7-8-15(40)10-16/h7-10,12,17-31,47-49,52H,11H2,1-6H3,(H,44,50)/t12-,17?,18-,19-,20-,21+,22+,23-,24-,25+,26-,27+,28-,29-,30-,31+,34-,35-,36+,37+,38-/m0/s1. The number of alkyl halides is 3. The Morgan fingerprint density at radius 1 is 1.00 bits per heavy atom. The minimum Gasteiger partial charge on any atom is -0.459 e. The summed E-state index contributed by atoms with van der Waals surface area (Å²) in [6.07, 6.45) is -18.0. The third-order valence-electron chi connectivity index (χ3n) is 16.4. The molecule has 5 aliphatic carbocycles. The van der Waals surface area contributed by atoms with Crippen LogP contribution in [0.15, 0.2) is 33.6 Å². The number of esters is 2. The Labute approximate surface area is 350 Å². The van der Waals surface area contributed by atoms with E-state index in [4.69, 9.17) is 23.1 Å². The lowest BCUT2D eigenvalue weighted by atomic mass is 9.39. The molecule has 1 amide bonds. The lowest BCUT2D eigenvalue weighted by Gasteiger charge is -2.67. The smallest absolute Gasteiger partial charge is 0.459 e. The van der Waals surface area contributed by atoms with Gasteiger partial charge in [0.25, 0.3) is 10.1 Å². The SMILES string of the molecule is CC(=O)O[C@H]1[C@H]2[C@@H]([C@@H](OS(=O)(=O)c3cccc(Br)c3)[C@@H](NC(=O)C(F)(F)F)C3C[C@@H]4O[C@@H]4[C@H](O)[C@@]32C)[C@@H]2[C@@H](O)[C@@H]3[C@H]([C@H](C)[C@H]4O[C@]45OC(=O)[C@@](C)(O)[C@]35C)[C@@]2(C(C)=O)[C@H]1O. The number of amides is 1. The van der Waals surface area contributed by atoms with Crippen molar-refractivity contribution in [2.45, 2.75) is 125 Å². The molecule has 8 aliphatic rings. The van der Waals surface area contributed by atoms with Crippen LogP contribution in [0.1, 0.15) is 48.0 Å². The minimum atomic E-state index is -5.53. The zero-order valence-corrected chi connectivity index (χ0v) is 35.4. The molecule has 9 rings (SSSR count). The molecule has 0 aromatic heterocycles. The van der Waals surface area contributed by atoms with Gasteiger partial charge in [-0.15, -0.1) is 0 Å². The number of aliphatic hydroxyl groups excluding tert-OH is 3. The number of carbonyl (C=O) groups excluding carboxylic acids is 4. The largest absolute Gasteiger partial charge is 0.471 e. The number of Topliss-reactive ketones (excluding diaryl/α,β-unsaturated/α-hetero) is 1. The fourth-order valence-electron chi connectivity index (χ4n) is 14.0. The van der Waals surface area contributed by atoms with E-state index >= 15 is 0 Å². The van der Waals surface area contributed by atoms with Gasteiger partial charge in [0, 0.05) is 40.5 Å². The van der Waals surface area contributed by atoms with Crippen LogP contribution in [0.2, 0.25) is 0 Å². The molecule has 1 aromatic carbocycles. The molecule has 0 radical (unpaired) electrons. The summed E-state index contributed by atoms with van der Waals surface area (Å²) in [5, 5.41) is 52.4. The van der Waals surface area contributed by atoms with E-state index in [1.165, 1.54) is 26.0 Å². The van der Waals surface area contributed by atoms with E-state index in [1.54, 1.807) is 6.92 Å². The molecule has 3 aliphatic heterocycles. The van der Waals surface area contributed by atoms with Gasteiger partial charge in [0.1, 0.15) is 36.3 Å². The van der Waals surface area contributed by atoms with Crippen molar-refractivity contribution in [2.24, 2.45) is 57.7 Å². The number of rotatable bonds is 6. The molecule has 8 fully saturated rings. The van der Waals surface area contributed by atoms with E-state index in [2.05, 4.69) is 15.9 Å². The molecule has 5 saturated carbocycles. The molecule has 5 N–H and O–H groups in total. The predicted molar refractivity (Wildman–Crippen MR) is 195 cm³/mol. The van der Waals surface area contributed by atoms with Crippen LogP contribution in [-0.4, -0.2) is 125 Å². The highest BCUT2D eigenvalue weighted by atomic mass is 79.9. The van der Waals surface area contributed by atoms with Crippen LogP contribution in [-0.2, 0) is 52.4 Å². The van der Waals surface area contributed by atoms with E-state index in [0.29, 0.717) is 0 Å². The molecule has 16 nitrogen and oxygen atoms in total. The zero-order chi connectivity index (χ0) is 44.0. The van der Waals surface area contributed by atoms with Crippen molar-refractivity contribution in [2.75, 3.05) is 0 Å². The maximum Gasteiger partial charge on any atom is 0.471 e. The second-order valence-corrected chi connectivity index (χ2v) is 21.2. The molecular weight excluding hydrogens is 891 g/mol. The van der Waals surface area contributed by atoms with Crippen LogP contribution in [0, 0.1) is 57.7 Å². The van der Waals surface area contributed by atoms with Crippen molar-refractivity contribution in [1.82, 2.24) is 5.32 Å². The Kier molecular flexibility index (Phi) is 9.00. The monoisotopic (exact) mass is 935 g/mol. The highest BCUT2D eigenvalue weighted by Gasteiger charge is 2.94. The zero-order valence-electron chi connectivity index (χ0n) is 33.0. The molecule has 21 heteroatoms. The topological polar surface area (TPSA) is 248 Å². The van der Waals surface area contributed by atoms with Gasteiger partial charge in [-0.05, 0) is 63.1 Å².